The third-order valence-corrected chi connectivity index (χ3v) is 3.76. The van der Waals surface area contributed by atoms with Crippen LogP contribution in [0.3, 0.4) is 0 Å². The number of nitro benzene ring substituents is 1. The van der Waals surface area contributed by atoms with Gasteiger partial charge < -0.3 is 10.6 Å². The summed E-state index contributed by atoms with van der Waals surface area (Å²) in [5.74, 6) is -1.04. The first-order valence-electron chi connectivity index (χ1n) is 7.40. The number of carbonyl (C=O) groups excluding carboxylic acids is 2. The lowest BCUT2D eigenvalue weighted by Gasteiger charge is -2.15. The molecule has 0 aliphatic heterocycles. The molecule has 2 aromatic rings. The van der Waals surface area contributed by atoms with Gasteiger partial charge in [-0.2, -0.15) is 0 Å². The molecule has 0 aromatic heterocycles. The molecule has 0 saturated heterocycles. The second kappa shape index (κ2) is 7.76. The van der Waals surface area contributed by atoms with Crippen molar-refractivity contribution in [2.75, 3.05) is 5.32 Å². The molecular weight excluding hydrogens is 346 g/mol. The SMILES string of the molecule is Cc1ccc(NC(=O)[C@H](C)NC(=O)c2cccc([N+](=O)[O-])c2)c(Cl)c1. The lowest BCUT2D eigenvalue weighted by molar-refractivity contribution is -0.384. The number of nitrogens with zero attached hydrogens (tertiary/aromatic N) is 1. The first-order chi connectivity index (χ1) is 11.8. The van der Waals surface area contributed by atoms with Crippen molar-refractivity contribution in [3.63, 3.8) is 0 Å². The number of hydrogen-bond donors (Lipinski definition) is 2. The van der Waals surface area contributed by atoms with Crippen molar-refractivity contribution >= 4 is 34.8 Å². The summed E-state index contributed by atoms with van der Waals surface area (Å²) in [6.07, 6.45) is 0. The number of nitro groups is 1. The normalized spacial score (nSPS) is 11.5. The molecule has 2 amide bonds. The van der Waals surface area contributed by atoms with Gasteiger partial charge in [0, 0.05) is 17.7 Å². The van der Waals surface area contributed by atoms with Crippen molar-refractivity contribution in [3.05, 3.63) is 68.7 Å². The van der Waals surface area contributed by atoms with E-state index >= 15 is 0 Å². The zero-order chi connectivity index (χ0) is 18.6. The summed E-state index contributed by atoms with van der Waals surface area (Å²) in [4.78, 5) is 34.5. The number of hydrogen-bond acceptors (Lipinski definition) is 4. The van der Waals surface area contributed by atoms with Crippen molar-refractivity contribution in [2.45, 2.75) is 19.9 Å². The predicted octanol–water partition coefficient (Wildman–Crippen LogP) is 3.31. The molecule has 0 aliphatic carbocycles. The van der Waals surface area contributed by atoms with Crippen LogP contribution in [0.5, 0.6) is 0 Å². The number of carbonyl (C=O) groups is 2. The molecule has 0 aliphatic rings. The second-order valence-electron chi connectivity index (χ2n) is 5.48. The van der Waals surface area contributed by atoms with E-state index in [1.807, 2.05) is 6.92 Å². The standard InChI is InChI=1S/C17H16ClN3O4/c1-10-6-7-15(14(18)8-10)20-16(22)11(2)19-17(23)12-4-3-5-13(9-12)21(24)25/h3-9,11H,1-2H3,(H,19,23)(H,20,22)/t11-/m0/s1. The van der Waals surface area contributed by atoms with Gasteiger partial charge in [-0.15, -0.1) is 0 Å². The number of non-ortho nitro benzene ring substituents is 1. The van der Waals surface area contributed by atoms with Crippen molar-refractivity contribution < 1.29 is 14.5 Å². The molecule has 25 heavy (non-hydrogen) atoms. The fourth-order valence-corrected chi connectivity index (χ4v) is 2.35. The van der Waals surface area contributed by atoms with Crippen LogP contribution in [-0.2, 0) is 4.79 Å². The molecule has 1 atom stereocenters. The Kier molecular flexibility index (Phi) is 5.71. The average Bonchev–Trinajstić information content (AvgIpc) is 2.57. The Bertz CT molecular complexity index is 838. The zero-order valence-electron chi connectivity index (χ0n) is 13.6. The summed E-state index contributed by atoms with van der Waals surface area (Å²) in [5, 5.41) is 16.3. The Balaban J connectivity index is 2.04. The van der Waals surface area contributed by atoms with E-state index in [0.29, 0.717) is 10.7 Å². The fourth-order valence-electron chi connectivity index (χ4n) is 2.07. The third-order valence-electron chi connectivity index (χ3n) is 3.44. The number of rotatable bonds is 5. The molecule has 2 rings (SSSR count). The highest BCUT2D eigenvalue weighted by molar-refractivity contribution is 6.33. The van der Waals surface area contributed by atoms with E-state index in [1.165, 1.54) is 25.1 Å². The minimum Gasteiger partial charge on any atom is -0.341 e. The second-order valence-corrected chi connectivity index (χ2v) is 5.88. The Hall–Kier alpha value is -2.93. The largest absolute Gasteiger partial charge is 0.341 e. The highest BCUT2D eigenvalue weighted by Crippen LogP contribution is 2.22. The fraction of sp³-hybridized carbons (Fsp3) is 0.176. The van der Waals surface area contributed by atoms with E-state index in [1.54, 1.807) is 18.2 Å². The summed E-state index contributed by atoms with van der Waals surface area (Å²) in [6, 6.07) is 9.60. The minimum absolute atomic E-state index is 0.0993. The van der Waals surface area contributed by atoms with Gasteiger partial charge >= 0.3 is 0 Å². The number of halogens is 1. The zero-order valence-corrected chi connectivity index (χ0v) is 14.3. The summed E-state index contributed by atoms with van der Waals surface area (Å²) in [6.45, 7) is 3.38. The van der Waals surface area contributed by atoms with E-state index in [0.717, 1.165) is 11.6 Å². The van der Waals surface area contributed by atoms with Gasteiger partial charge in [0.25, 0.3) is 11.6 Å². The number of anilines is 1. The lowest BCUT2D eigenvalue weighted by atomic mass is 10.1. The summed E-state index contributed by atoms with van der Waals surface area (Å²) < 4.78 is 0. The van der Waals surface area contributed by atoms with Crippen molar-refractivity contribution in [1.82, 2.24) is 5.32 Å². The Morgan fingerprint density at radius 2 is 1.92 bits per heavy atom. The molecular formula is C17H16ClN3O4. The van der Waals surface area contributed by atoms with Gasteiger partial charge in [0.15, 0.2) is 0 Å². The molecule has 0 radical (unpaired) electrons. The molecule has 0 unspecified atom stereocenters. The molecule has 130 valence electrons. The van der Waals surface area contributed by atoms with E-state index in [-0.39, 0.29) is 11.3 Å². The van der Waals surface area contributed by atoms with Gasteiger partial charge in [-0.3, -0.25) is 19.7 Å². The highest BCUT2D eigenvalue weighted by Gasteiger charge is 2.19. The van der Waals surface area contributed by atoms with Crippen LogP contribution in [0.4, 0.5) is 11.4 Å². The van der Waals surface area contributed by atoms with Gasteiger partial charge in [-0.1, -0.05) is 23.7 Å². The van der Waals surface area contributed by atoms with E-state index in [4.69, 9.17) is 11.6 Å². The first-order valence-corrected chi connectivity index (χ1v) is 7.78. The predicted molar refractivity (Wildman–Crippen MR) is 94.8 cm³/mol. The van der Waals surface area contributed by atoms with Crippen LogP contribution in [0.15, 0.2) is 42.5 Å². The number of nitrogens with one attached hydrogen (secondary N) is 2. The average molecular weight is 362 g/mol. The van der Waals surface area contributed by atoms with Crippen LogP contribution < -0.4 is 10.6 Å². The lowest BCUT2D eigenvalue weighted by Crippen LogP contribution is -2.41. The number of amides is 2. The third kappa shape index (κ3) is 4.77. The quantitative estimate of drug-likeness (QED) is 0.630. The summed E-state index contributed by atoms with van der Waals surface area (Å²) in [5.41, 5.74) is 1.29. The molecule has 0 bridgehead atoms. The molecule has 0 saturated carbocycles. The Labute approximate surface area is 149 Å². The van der Waals surface area contributed by atoms with Gasteiger partial charge in [0.2, 0.25) is 5.91 Å². The van der Waals surface area contributed by atoms with E-state index in [9.17, 15) is 19.7 Å². The van der Waals surface area contributed by atoms with Crippen LogP contribution in [0.25, 0.3) is 0 Å². The monoisotopic (exact) mass is 361 g/mol. The smallest absolute Gasteiger partial charge is 0.270 e. The van der Waals surface area contributed by atoms with Crippen LogP contribution in [0.2, 0.25) is 5.02 Å². The maximum Gasteiger partial charge on any atom is 0.270 e. The number of benzene rings is 2. The Morgan fingerprint density at radius 3 is 2.56 bits per heavy atom. The van der Waals surface area contributed by atoms with Crippen molar-refractivity contribution in [3.8, 4) is 0 Å². The molecule has 0 spiro atoms. The van der Waals surface area contributed by atoms with Gasteiger partial charge in [0.05, 0.1) is 15.6 Å². The molecule has 7 nitrogen and oxygen atoms in total. The first kappa shape index (κ1) is 18.4. The van der Waals surface area contributed by atoms with Crippen LogP contribution in [0.1, 0.15) is 22.8 Å². The summed E-state index contributed by atoms with van der Waals surface area (Å²) >= 11 is 6.06. The van der Waals surface area contributed by atoms with Crippen molar-refractivity contribution in [2.24, 2.45) is 0 Å². The summed E-state index contributed by atoms with van der Waals surface area (Å²) in [7, 11) is 0. The van der Waals surface area contributed by atoms with Gasteiger partial charge in [0.1, 0.15) is 6.04 Å². The van der Waals surface area contributed by atoms with Crippen molar-refractivity contribution in [1.29, 1.82) is 0 Å². The Morgan fingerprint density at radius 1 is 1.20 bits per heavy atom. The maximum atomic E-state index is 12.2. The van der Waals surface area contributed by atoms with E-state index in [2.05, 4.69) is 10.6 Å². The number of aryl methyl sites for hydroxylation is 1. The van der Waals surface area contributed by atoms with E-state index < -0.39 is 22.8 Å². The molecule has 2 aromatic carbocycles. The topological polar surface area (TPSA) is 101 Å². The van der Waals surface area contributed by atoms with Crippen LogP contribution in [0, 0.1) is 17.0 Å². The molecule has 8 heteroatoms. The molecule has 0 fully saturated rings. The van der Waals surface area contributed by atoms with Gasteiger partial charge in [-0.05, 0) is 37.6 Å². The molecule has 2 N–H and O–H groups in total. The maximum absolute atomic E-state index is 12.2. The van der Waals surface area contributed by atoms with Crippen LogP contribution >= 0.6 is 11.6 Å². The van der Waals surface area contributed by atoms with Gasteiger partial charge in [-0.25, -0.2) is 0 Å². The highest BCUT2D eigenvalue weighted by atomic mass is 35.5. The molecule has 0 heterocycles. The minimum atomic E-state index is -0.857. The van der Waals surface area contributed by atoms with Crippen LogP contribution in [-0.4, -0.2) is 22.8 Å².